The Kier molecular flexibility index (Phi) is 4.18. The van der Waals surface area contributed by atoms with Crippen LogP contribution in [0.2, 0.25) is 5.28 Å². The highest BCUT2D eigenvalue weighted by molar-refractivity contribution is 6.28. The van der Waals surface area contributed by atoms with Crippen LogP contribution in [0, 0.1) is 19.7 Å². The topological polar surface area (TPSA) is 47.9 Å². The van der Waals surface area contributed by atoms with Gasteiger partial charge in [0.05, 0.1) is 11.7 Å². The zero-order chi connectivity index (χ0) is 14.9. The number of halogens is 2. The van der Waals surface area contributed by atoms with E-state index in [1.54, 1.807) is 6.92 Å². The van der Waals surface area contributed by atoms with E-state index in [9.17, 15) is 4.39 Å². The van der Waals surface area contributed by atoms with Crippen molar-refractivity contribution in [3.63, 3.8) is 0 Å². The van der Waals surface area contributed by atoms with Gasteiger partial charge in [0.15, 0.2) is 5.82 Å². The van der Waals surface area contributed by atoms with Crippen LogP contribution < -0.4 is 4.74 Å². The average Bonchev–Trinajstić information content (AvgIpc) is 2.25. The molecule has 0 N–H and O–H groups in total. The molecule has 1 heterocycles. The summed E-state index contributed by atoms with van der Waals surface area (Å²) >= 11 is 5.85. The highest BCUT2D eigenvalue weighted by Crippen LogP contribution is 2.26. The molecule has 106 valence electrons. The molecule has 0 saturated carbocycles. The summed E-state index contributed by atoms with van der Waals surface area (Å²) in [6.45, 7) is 7.31. The van der Waals surface area contributed by atoms with Crippen LogP contribution in [0.5, 0.6) is 6.01 Å². The number of ether oxygens (including phenoxy) is 1. The van der Waals surface area contributed by atoms with E-state index in [0.717, 1.165) is 11.1 Å². The molecule has 0 aliphatic rings. The third-order valence-electron chi connectivity index (χ3n) is 2.58. The molecule has 2 aromatic rings. The van der Waals surface area contributed by atoms with Gasteiger partial charge in [-0.3, -0.25) is 0 Å². The van der Waals surface area contributed by atoms with Crippen molar-refractivity contribution < 1.29 is 9.13 Å². The van der Waals surface area contributed by atoms with Crippen molar-refractivity contribution in [2.45, 2.75) is 33.8 Å². The minimum atomic E-state index is -0.389. The number of benzene rings is 1. The molecular formula is C14H15ClFN3O. The van der Waals surface area contributed by atoms with Crippen LogP contribution >= 0.6 is 11.6 Å². The van der Waals surface area contributed by atoms with E-state index in [-0.39, 0.29) is 29.0 Å². The smallest absolute Gasteiger partial charge is 0.321 e. The Morgan fingerprint density at radius 3 is 2.45 bits per heavy atom. The van der Waals surface area contributed by atoms with Gasteiger partial charge in [0, 0.05) is 0 Å². The predicted molar refractivity (Wildman–Crippen MR) is 75.5 cm³/mol. The van der Waals surface area contributed by atoms with Gasteiger partial charge in [-0.2, -0.15) is 15.0 Å². The van der Waals surface area contributed by atoms with Gasteiger partial charge in [-0.1, -0.05) is 6.07 Å². The molecule has 2 rings (SSSR count). The minimum absolute atomic E-state index is 0.0231. The van der Waals surface area contributed by atoms with Gasteiger partial charge in [-0.25, -0.2) is 4.39 Å². The van der Waals surface area contributed by atoms with Gasteiger partial charge in [0.1, 0.15) is 5.82 Å². The standard InChI is InChI=1S/C14H15ClFN3O/c1-7(2)20-14-18-12(17-13(15)19-14)11-9(4)5-8(3)6-10(11)16/h5-7H,1-4H3. The van der Waals surface area contributed by atoms with Crippen molar-refractivity contribution in [1.29, 1.82) is 0 Å². The second-order valence-corrected chi connectivity index (χ2v) is 5.15. The highest BCUT2D eigenvalue weighted by atomic mass is 35.5. The molecule has 0 atom stereocenters. The molecule has 6 heteroatoms. The molecule has 0 aliphatic carbocycles. The zero-order valence-corrected chi connectivity index (χ0v) is 12.5. The highest BCUT2D eigenvalue weighted by Gasteiger charge is 2.16. The Labute approximate surface area is 122 Å². The Morgan fingerprint density at radius 2 is 1.85 bits per heavy atom. The molecule has 1 aromatic heterocycles. The first-order valence-electron chi connectivity index (χ1n) is 6.22. The summed E-state index contributed by atoms with van der Waals surface area (Å²) in [6, 6.07) is 3.39. The number of hydrogen-bond donors (Lipinski definition) is 0. The molecule has 0 saturated heterocycles. The molecule has 20 heavy (non-hydrogen) atoms. The molecule has 0 spiro atoms. The van der Waals surface area contributed by atoms with Crippen molar-refractivity contribution >= 4 is 11.6 Å². The molecule has 0 unspecified atom stereocenters. The molecule has 0 amide bonds. The van der Waals surface area contributed by atoms with Crippen molar-refractivity contribution in [3.8, 4) is 17.4 Å². The van der Waals surface area contributed by atoms with E-state index in [0.29, 0.717) is 5.56 Å². The Morgan fingerprint density at radius 1 is 1.15 bits per heavy atom. The molecule has 0 bridgehead atoms. The van der Waals surface area contributed by atoms with Gasteiger partial charge in [0.25, 0.3) is 0 Å². The van der Waals surface area contributed by atoms with Crippen LogP contribution in [0.1, 0.15) is 25.0 Å². The molecule has 0 radical (unpaired) electrons. The van der Waals surface area contributed by atoms with Gasteiger partial charge in [0.2, 0.25) is 5.28 Å². The van der Waals surface area contributed by atoms with Gasteiger partial charge < -0.3 is 4.74 Å². The zero-order valence-electron chi connectivity index (χ0n) is 11.7. The van der Waals surface area contributed by atoms with Crippen molar-refractivity contribution in [3.05, 3.63) is 34.4 Å². The second kappa shape index (κ2) is 5.71. The summed E-state index contributed by atoms with van der Waals surface area (Å²) in [6.07, 6.45) is -0.106. The monoisotopic (exact) mass is 295 g/mol. The largest absolute Gasteiger partial charge is 0.461 e. The summed E-state index contributed by atoms with van der Waals surface area (Å²) in [4.78, 5) is 12.0. The first-order chi connectivity index (χ1) is 9.36. The Balaban J connectivity index is 2.55. The Hall–Kier alpha value is -1.75. The van der Waals surface area contributed by atoms with Gasteiger partial charge in [-0.15, -0.1) is 0 Å². The molecular weight excluding hydrogens is 281 g/mol. The van der Waals surface area contributed by atoms with Crippen LogP contribution in [-0.2, 0) is 0 Å². The number of nitrogens with zero attached hydrogens (tertiary/aromatic N) is 3. The van der Waals surface area contributed by atoms with E-state index in [1.165, 1.54) is 6.07 Å². The summed E-state index contributed by atoms with van der Waals surface area (Å²) in [5, 5.41) is -0.0231. The maximum absolute atomic E-state index is 14.1. The number of aryl methyl sites for hydroxylation is 2. The van der Waals surface area contributed by atoms with Crippen LogP contribution in [0.3, 0.4) is 0 Å². The summed E-state index contributed by atoms with van der Waals surface area (Å²) < 4.78 is 19.5. The summed E-state index contributed by atoms with van der Waals surface area (Å²) in [5.41, 5.74) is 1.89. The number of rotatable bonds is 3. The van der Waals surface area contributed by atoms with Crippen LogP contribution in [-0.4, -0.2) is 21.1 Å². The van der Waals surface area contributed by atoms with E-state index in [2.05, 4.69) is 15.0 Å². The molecule has 0 fully saturated rings. The van der Waals surface area contributed by atoms with E-state index < -0.39 is 0 Å². The minimum Gasteiger partial charge on any atom is -0.461 e. The van der Waals surface area contributed by atoms with E-state index in [4.69, 9.17) is 16.3 Å². The average molecular weight is 296 g/mol. The lowest BCUT2D eigenvalue weighted by Crippen LogP contribution is -2.10. The van der Waals surface area contributed by atoms with E-state index >= 15 is 0 Å². The third kappa shape index (κ3) is 3.22. The quantitative estimate of drug-likeness (QED) is 0.865. The number of aromatic nitrogens is 3. The van der Waals surface area contributed by atoms with Crippen molar-refractivity contribution in [2.24, 2.45) is 0 Å². The Bertz CT molecular complexity index is 623. The molecule has 0 aliphatic heterocycles. The lowest BCUT2D eigenvalue weighted by atomic mass is 10.0. The first-order valence-corrected chi connectivity index (χ1v) is 6.60. The van der Waals surface area contributed by atoms with Gasteiger partial charge >= 0.3 is 6.01 Å². The fourth-order valence-electron chi connectivity index (χ4n) is 1.91. The SMILES string of the molecule is Cc1cc(C)c(-c2nc(Cl)nc(OC(C)C)n2)c(F)c1. The maximum Gasteiger partial charge on any atom is 0.321 e. The fraction of sp³-hybridized carbons (Fsp3) is 0.357. The van der Waals surface area contributed by atoms with Crippen molar-refractivity contribution in [1.82, 2.24) is 15.0 Å². The summed E-state index contributed by atoms with van der Waals surface area (Å²) in [7, 11) is 0. The lowest BCUT2D eigenvalue weighted by Gasteiger charge is -2.11. The van der Waals surface area contributed by atoms with Crippen LogP contribution in [0.25, 0.3) is 11.4 Å². The second-order valence-electron chi connectivity index (χ2n) is 4.82. The van der Waals surface area contributed by atoms with Crippen LogP contribution in [0.15, 0.2) is 12.1 Å². The normalized spacial score (nSPS) is 10.9. The van der Waals surface area contributed by atoms with Crippen LogP contribution in [0.4, 0.5) is 4.39 Å². The molecule has 1 aromatic carbocycles. The predicted octanol–water partition coefficient (Wildman–Crippen LogP) is 3.74. The number of hydrogen-bond acceptors (Lipinski definition) is 4. The summed E-state index contributed by atoms with van der Waals surface area (Å²) in [5.74, 6) is -0.212. The molecule has 4 nitrogen and oxygen atoms in total. The maximum atomic E-state index is 14.1. The first kappa shape index (κ1) is 14.7. The third-order valence-corrected chi connectivity index (χ3v) is 2.75. The lowest BCUT2D eigenvalue weighted by molar-refractivity contribution is 0.222. The fourth-order valence-corrected chi connectivity index (χ4v) is 2.06. The van der Waals surface area contributed by atoms with Crippen molar-refractivity contribution in [2.75, 3.05) is 0 Å². The van der Waals surface area contributed by atoms with E-state index in [1.807, 2.05) is 26.8 Å². The van der Waals surface area contributed by atoms with Gasteiger partial charge in [-0.05, 0) is 56.5 Å².